The molecule has 0 fully saturated rings. The van der Waals surface area contributed by atoms with Crippen LogP contribution in [0.2, 0.25) is 0 Å². The summed E-state index contributed by atoms with van der Waals surface area (Å²) in [6.45, 7) is 21.4. The lowest BCUT2D eigenvalue weighted by Gasteiger charge is -2.36. The van der Waals surface area contributed by atoms with Crippen molar-refractivity contribution < 1.29 is 48.6 Å². The van der Waals surface area contributed by atoms with Crippen molar-refractivity contribution in [3.63, 3.8) is 0 Å². The van der Waals surface area contributed by atoms with Crippen LogP contribution in [0, 0.1) is 37.5 Å². The van der Waals surface area contributed by atoms with Crippen molar-refractivity contribution in [2.75, 3.05) is 12.4 Å². The van der Waals surface area contributed by atoms with Gasteiger partial charge >= 0.3 is 5.79 Å². The van der Waals surface area contributed by atoms with Crippen LogP contribution in [0.1, 0.15) is 93.9 Å². The Labute approximate surface area is 355 Å². The Bertz CT molecular complexity index is 2530. The highest BCUT2D eigenvalue weighted by Crippen LogP contribution is 2.51. The number of Topliss-reactive ketones (excluding diaryl/α,β-unsaturated/α-hetero) is 1. The van der Waals surface area contributed by atoms with Crippen LogP contribution in [0.3, 0.4) is 0 Å². The number of nitrogens with zero attached hydrogens (tertiary/aromatic N) is 1. The summed E-state index contributed by atoms with van der Waals surface area (Å²) >= 11 is 0. The number of nitrogens with one attached hydrogen (secondary N) is 1. The number of fused-ring (bicyclic) bond motifs is 14. The van der Waals surface area contributed by atoms with E-state index in [0.717, 1.165) is 16.7 Å². The fraction of sp³-hybridized carbons (Fsp3) is 0.458. The highest BCUT2D eigenvalue weighted by atomic mass is 16.7. The Morgan fingerprint density at radius 1 is 0.984 bits per heavy atom. The van der Waals surface area contributed by atoms with Crippen LogP contribution in [0.4, 0.5) is 5.69 Å². The molecule has 2 aromatic rings. The maximum absolute atomic E-state index is 14.8. The van der Waals surface area contributed by atoms with E-state index in [9.17, 15) is 34.8 Å². The molecule has 0 radical (unpaired) electrons. The topological polar surface area (TPSA) is 198 Å². The zero-order chi connectivity index (χ0) is 45.0. The number of methoxy groups -OCH3 is 1. The quantitative estimate of drug-likeness (QED) is 0.0770. The number of benzene rings is 3. The molecule has 13 nitrogen and oxygen atoms in total. The lowest BCUT2D eigenvalue weighted by molar-refractivity contribution is -0.112. The number of carbonyl (C=O) groups is 2. The van der Waals surface area contributed by atoms with Gasteiger partial charge in [-0.15, -0.1) is 6.58 Å². The Hall–Kier alpha value is -5.34. The van der Waals surface area contributed by atoms with Crippen molar-refractivity contribution >= 4 is 39.2 Å². The summed E-state index contributed by atoms with van der Waals surface area (Å²) in [7, 11) is 1.45. The van der Waals surface area contributed by atoms with Crippen molar-refractivity contribution in [2.24, 2.45) is 23.7 Å². The predicted molar refractivity (Wildman–Crippen MR) is 234 cm³/mol. The summed E-state index contributed by atoms with van der Waals surface area (Å²) in [4.78, 5) is 48.5. The minimum Gasteiger partial charge on any atom is -0.507 e. The molecule has 5 N–H and O–H groups in total. The number of allylic oxidation sites excluding steroid dienone is 3. The molecule has 7 rings (SSSR count). The second-order valence-electron chi connectivity index (χ2n) is 17.2. The molecular weight excluding hydrogens is 781 g/mol. The molecule has 2 aromatic carbocycles. The highest BCUT2D eigenvalue weighted by molar-refractivity contribution is 6.22. The Balaban J connectivity index is 1.66. The molecule has 0 spiro atoms. The fourth-order valence-corrected chi connectivity index (χ4v) is 8.93. The first-order chi connectivity index (χ1) is 28.7. The second-order valence-corrected chi connectivity index (χ2v) is 17.2. The van der Waals surface area contributed by atoms with Gasteiger partial charge in [0.1, 0.15) is 28.4 Å². The van der Waals surface area contributed by atoms with Crippen LogP contribution in [-0.2, 0) is 20.7 Å². The molecule has 0 unspecified atom stereocenters. The van der Waals surface area contributed by atoms with Crippen molar-refractivity contribution in [2.45, 2.75) is 112 Å². The SMILES string of the molecule is C=CCc1c(C(C)C)c(C)cc2nc3c4c5c6c(C)c(O)c4c(=O)c(c-3oc12)NC(=O)/C(C)=C\C=C\[C@H](C)[C@H](O)[C@@H](C)[C@@H](O)[C@@H](C)[C@H](O)[C@H](C)[C@@H](OC)/C=C/O[C@@](C)(O6)C5=O. The maximum atomic E-state index is 14.8. The average Bonchev–Trinajstić information content (AvgIpc) is 3.48. The molecule has 0 aromatic heterocycles. The first kappa shape index (κ1) is 45.2. The number of rotatable bonds is 4. The monoisotopic (exact) mass is 838 g/mol. The molecule has 4 heterocycles. The number of phenolic OH excluding ortho intramolecular Hbond substituents is 1. The number of ether oxygens (including phenoxy) is 3. The molecule has 326 valence electrons. The van der Waals surface area contributed by atoms with Gasteiger partial charge in [0.05, 0.1) is 41.6 Å². The van der Waals surface area contributed by atoms with E-state index in [4.69, 9.17) is 23.6 Å². The molecule has 61 heavy (non-hydrogen) atoms. The number of aryl methyl sites for hydroxylation is 1. The Kier molecular flexibility index (Phi) is 12.7. The second kappa shape index (κ2) is 17.2. The molecule has 1 amide bonds. The molecule has 13 heteroatoms. The van der Waals surface area contributed by atoms with Gasteiger partial charge in [0, 0.05) is 59.8 Å². The normalized spacial score (nSPS) is 29.7. The predicted octanol–water partition coefficient (Wildman–Crippen LogP) is 7.54. The van der Waals surface area contributed by atoms with Gasteiger partial charge in [0.2, 0.25) is 5.43 Å². The van der Waals surface area contributed by atoms with Gasteiger partial charge in [0.25, 0.3) is 11.7 Å². The number of anilines is 1. The third kappa shape index (κ3) is 7.77. The number of aliphatic hydroxyl groups excluding tert-OH is 3. The number of carbonyl (C=O) groups excluding carboxylic acids is 2. The summed E-state index contributed by atoms with van der Waals surface area (Å²) in [6.07, 6.45) is 5.73. The standard InChI is InChI=1S/C48H58N2O11/c1-13-15-29-32(21(2)3)24(6)20-30-44(29)60-45-36(49-30)33-34-41(54)28(10)43-35(33)46(56)48(11,61-43)59-19-18-31(58-12)25(7)39(52)27(9)40(53)26(8)38(51)22(4)16-14-17-23(5)47(57)50-37(45)42(34)55/h13-14,16-22,25-27,31,38-40,51-54H,1,15H2,2-12H3,(H,50,57)/b16-14+,19-18+,23-17-/t22-,25+,26+,27-,31-,38-,39+,40+,48-/m0/s1. The number of aromatic nitrogens is 1. The number of ketones is 1. The van der Waals surface area contributed by atoms with Gasteiger partial charge in [0.15, 0.2) is 11.3 Å². The van der Waals surface area contributed by atoms with Crippen molar-refractivity contribution in [3.05, 3.63) is 92.9 Å². The van der Waals surface area contributed by atoms with E-state index in [1.807, 2.05) is 13.0 Å². The molecule has 1 aliphatic carbocycles. The van der Waals surface area contributed by atoms with Crippen molar-refractivity contribution in [3.8, 4) is 23.0 Å². The first-order valence-electron chi connectivity index (χ1n) is 20.7. The largest absolute Gasteiger partial charge is 0.507 e. The smallest absolute Gasteiger partial charge is 0.312 e. The van der Waals surface area contributed by atoms with Crippen molar-refractivity contribution in [1.29, 1.82) is 0 Å². The molecule has 0 saturated heterocycles. The van der Waals surface area contributed by atoms with Gasteiger partial charge in [-0.1, -0.05) is 65.8 Å². The molecule has 5 bridgehead atoms. The Morgan fingerprint density at radius 3 is 2.28 bits per heavy atom. The number of amides is 1. The van der Waals surface area contributed by atoms with Crippen LogP contribution < -0.4 is 15.5 Å². The van der Waals surface area contributed by atoms with Gasteiger partial charge in [-0.05, 0) is 56.4 Å². The zero-order valence-corrected chi connectivity index (χ0v) is 36.7. The number of hydrogen-bond donors (Lipinski definition) is 5. The van der Waals surface area contributed by atoms with Crippen LogP contribution in [0.5, 0.6) is 11.5 Å². The fourth-order valence-electron chi connectivity index (χ4n) is 8.93. The lowest BCUT2D eigenvalue weighted by Crippen LogP contribution is -2.44. The van der Waals surface area contributed by atoms with Crippen LogP contribution >= 0.6 is 0 Å². The molecule has 0 saturated carbocycles. The zero-order valence-electron chi connectivity index (χ0n) is 36.7. The van der Waals surface area contributed by atoms with E-state index in [2.05, 4.69) is 25.7 Å². The highest BCUT2D eigenvalue weighted by Gasteiger charge is 2.50. The summed E-state index contributed by atoms with van der Waals surface area (Å²) in [5.74, 6) is -6.33. The number of aromatic hydroxyl groups is 1. The van der Waals surface area contributed by atoms with E-state index in [1.165, 1.54) is 39.4 Å². The van der Waals surface area contributed by atoms with Crippen LogP contribution in [0.25, 0.3) is 33.3 Å². The molecule has 5 aliphatic rings. The van der Waals surface area contributed by atoms with E-state index < -0.39 is 76.7 Å². The summed E-state index contributed by atoms with van der Waals surface area (Å²) in [6, 6.07) is 1.86. The minimum atomic E-state index is -2.00. The van der Waals surface area contributed by atoms with E-state index in [1.54, 1.807) is 52.8 Å². The number of hydrogen-bond acceptors (Lipinski definition) is 12. The van der Waals surface area contributed by atoms with E-state index in [0.29, 0.717) is 17.5 Å². The van der Waals surface area contributed by atoms with Crippen LogP contribution in [0.15, 0.2) is 64.1 Å². The Morgan fingerprint density at radius 2 is 1.64 bits per heavy atom. The van der Waals surface area contributed by atoms with E-state index >= 15 is 0 Å². The first-order valence-corrected chi connectivity index (χ1v) is 20.7. The third-order valence-corrected chi connectivity index (χ3v) is 12.6. The summed E-state index contributed by atoms with van der Waals surface area (Å²) < 4.78 is 24.7. The molecule has 9 atom stereocenters. The van der Waals surface area contributed by atoms with Crippen LogP contribution in [-0.4, -0.2) is 74.4 Å². The van der Waals surface area contributed by atoms with Gasteiger partial charge < -0.3 is 44.4 Å². The van der Waals surface area contributed by atoms with Gasteiger partial charge in [-0.2, -0.15) is 0 Å². The van der Waals surface area contributed by atoms with Gasteiger partial charge in [-0.25, -0.2) is 4.98 Å². The lowest BCUT2D eigenvalue weighted by atomic mass is 9.78. The summed E-state index contributed by atoms with van der Waals surface area (Å²) in [5.41, 5.74) is 2.63. The van der Waals surface area contributed by atoms with Gasteiger partial charge in [-0.3, -0.25) is 14.4 Å². The third-order valence-electron chi connectivity index (χ3n) is 12.6. The maximum Gasteiger partial charge on any atom is 0.312 e. The summed E-state index contributed by atoms with van der Waals surface area (Å²) in [5, 5.41) is 48.3. The minimum absolute atomic E-state index is 0.0217. The van der Waals surface area contributed by atoms with Crippen molar-refractivity contribution in [1.82, 2.24) is 4.98 Å². The average molecular weight is 839 g/mol. The number of phenols is 1. The number of aliphatic hydroxyl groups is 3. The van der Waals surface area contributed by atoms with E-state index in [-0.39, 0.29) is 56.3 Å². The molecular formula is C48H58N2O11. The molecule has 4 aliphatic heterocycles.